The van der Waals surface area contributed by atoms with E-state index < -0.39 is 11.7 Å². The Kier molecular flexibility index (Phi) is 2.79. The Hall–Kier alpha value is -1.98. The monoisotopic (exact) mass is 242 g/mol. The first kappa shape index (κ1) is 11.5. The Morgan fingerprint density at radius 2 is 1.94 bits per heavy atom. The van der Waals surface area contributed by atoms with Crippen LogP contribution in [0.5, 0.6) is 11.8 Å². The van der Waals surface area contributed by atoms with Crippen LogP contribution in [0.4, 0.5) is 13.2 Å². The maximum absolute atomic E-state index is 12.7. The molecule has 0 amide bonds. The fraction of sp³-hybridized carbons (Fsp3) is 0.182. The van der Waals surface area contributed by atoms with Crippen LogP contribution < -0.4 is 4.74 Å². The van der Waals surface area contributed by atoms with E-state index in [0.717, 1.165) is 6.07 Å². The van der Waals surface area contributed by atoms with Gasteiger partial charge in [0.05, 0.1) is 5.56 Å². The lowest BCUT2D eigenvalue weighted by atomic mass is 10.2. The molecule has 90 valence electrons. The molecule has 3 nitrogen and oxygen atoms in total. The van der Waals surface area contributed by atoms with Crippen LogP contribution in [0.25, 0.3) is 0 Å². The Bertz CT molecular complexity index is 519. The minimum Gasteiger partial charge on any atom is -0.425 e. The Morgan fingerprint density at radius 3 is 2.53 bits per heavy atom. The van der Waals surface area contributed by atoms with Crippen LogP contribution in [0.3, 0.4) is 0 Å². The summed E-state index contributed by atoms with van der Waals surface area (Å²) >= 11 is 0. The number of rotatable bonds is 2. The second-order valence-electron chi connectivity index (χ2n) is 3.42. The number of imidazole rings is 1. The Balaban J connectivity index is 2.37. The molecule has 0 radical (unpaired) electrons. The van der Waals surface area contributed by atoms with Gasteiger partial charge in [0.25, 0.3) is 0 Å². The Morgan fingerprint density at radius 1 is 1.24 bits per heavy atom. The normalized spacial score (nSPS) is 11.5. The molecule has 17 heavy (non-hydrogen) atoms. The topological polar surface area (TPSA) is 27.1 Å². The molecule has 0 atom stereocenters. The van der Waals surface area contributed by atoms with Gasteiger partial charge in [0.2, 0.25) is 0 Å². The third-order valence-electron chi connectivity index (χ3n) is 2.17. The zero-order valence-corrected chi connectivity index (χ0v) is 8.90. The third kappa shape index (κ3) is 2.41. The lowest BCUT2D eigenvalue weighted by molar-refractivity contribution is -0.138. The first-order valence-electron chi connectivity index (χ1n) is 4.80. The van der Waals surface area contributed by atoms with Gasteiger partial charge in [-0.15, -0.1) is 0 Å². The van der Waals surface area contributed by atoms with E-state index in [2.05, 4.69) is 4.98 Å². The number of alkyl halides is 3. The van der Waals surface area contributed by atoms with Gasteiger partial charge < -0.3 is 9.30 Å². The highest BCUT2D eigenvalue weighted by Crippen LogP contribution is 2.37. The van der Waals surface area contributed by atoms with Crippen molar-refractivity contribution in [2.45, 2.75) is 6.18 Å². The van der Waals surface area contributed by atoms with E-state index in [1.54, 1.807) is 13.2 Å². The summed E-state index contributed by atoms with van der Waals surface area (Å²) in [5.74, 6) is -0.255. The molecule has 0 spiro atoms. The van der Waals surface area contributed by atoms with Crippen molar-refractivity contribution in [1.29, 1.82) is 0 Å². The molecule has 0 aliphatic rings. The maximum atomic E-state index is 12.7. The van der Waals surface area contributed by atoms with Gasteiger partial charge in [0, 0.05) is 19.4 Å². The van der Waals surface area contributed by atoms with E-state index in [1.807, 2.05) is 0 Å². The molecule has 0 saturated heterocycles. The average molecular weight is 242 g/mol. The van der Waals surface area contributed by atoms with Gasteiger partial charge in [0.1, 0.15) is 5.75 Å². The molecule has 0 bridgehead atoms. The summed E-state index contributed by atoms with van der Waals surface area (Å²) in [6.07, 6.45) is -1.40. The lowest BCUT2D eigenvalue weighted by Crippen LogP contribution is -2.07. The van der Waals surface area contributed by atoms with Crippen LogP contribution in [0.1, 0.15) is 5.56 Å². The highest BCUT2D eigenvalue weighted by molar-refractivity contribution is 5.37. The van der Waals surface area contributed by atoms with E-state index in [4.69, 9.17) is 4.74 Å². The molecule has 0 aliphatic carbocycles. The lowest BCUT2D eigenvalue weighted by Gasteiger charge is -2.12. The van der Waals surface area contributed by atoms with Crippen LogP contribution in [-0.4, -0.2) is 9.55 Å². The van der Waals surface area contributed by atoms with Gasteiger partial charge in [-0.05, 0) is 12.1 Å². The van der Waals surface area contributed by atoms with Crippen LogP contribution >= 0.6 is 0 Å². The van der Waals surface area contributed by atoms with Gasteiger partial charge in [-0.1, -0.05) is 12.1 Å². The summed E-state index contributed by atoms with van der Waals surface area (Å²) in [5.41, 5.74) is -0.817. The van der Waals surface area contributed by atoms with Crippen molar-refractivity contribution < 1.29 is 17.9 Å². The molecule has 2 rings (SSSR count). The fourth-order valence-corrected chi connectivity index (χ4v) is 1.34. The molecular weight excluding hydrogens is 233 g/mol. The predicted molar refractivity (Wildman–Crippen MR) is 54.7 cm³/mol. The number of hydrogen-bond donors (Lipinski definition) is 0. The zero-order chi connectivity index (χ0) is 12.5. The van der Waals surface area contributed by atoms with Crippen molar-refractivity contribution in [3.63, 3.8) is 0 Å². The number of halogens is 3. The van der Waals surface area contributed by atoms with Crippen molar-refractivity contribution in [2.75, 3.05) is 0 Å². The van der Waals surface area contributed by atoms with Crippen molar-refractivity contribution in [3.8, 4) is 11.8 Å². The van der Waals surface area contributed by atoms with Gasteiger partial charge in [-0.25, -0.2) is 4.98 Å². The highest BCUT2D eigenvalue weighted by Gasteiger charge is 2.34. The first-order chi connectivity index (χ1) is 7.98. The van der Waals surface area contributed by atoms with Gasteiger partial charge in [-0.2, -0.15) is 13.2 Å². The highest BCUT2D eigenvalue weighted by atomic mass is 19.4. The minimum absolute atomic E-state index is 0.113. The molecule has 1 heterocycles. The summed E-state index contributed by atoms with van der Waals surface area (Å²) in [5, 5.41) is 0. The van der Waals surface area contributed by atoms with Gasteiger partial charge >= 0.3 is 12.2 Å². The first-order valence-corrected chi connectivity index (χ1v) is 4.80. The van der Waals surface area contributed by atoms with Crippen molar-refractivity contribution in [2.24, 2.45) is 7.05 Å². The van der Waals surface area contributed by atoms with Gasteiger partial charge in [0.15, 0.2) is 0 Å². The molecule has 6 heteroatoms. The van der Waals surface area contributed by atoms with E-state index >= 15 is 0 Å². The molecule has 0 unspecified atom stereocenters. The van der Waals surface area contributed by atoms with Crippen LogP contribution in [0, 0.1) is 0 Å². The molecule has 0 saturated carbocycles. The third-order valence-corrected chi connectivity index (χ3v) is 2.17. The minimum atomic E-state index is -4.44. The largest absolute Gasteiger partial charge is 0.425 e. The smallest absolute Gasteiger partial charge is 0.419 e. The molecule has 1 aromatic heterocycles. The van der Waals surface area contributed by atoms with Crippen molar-refractivity contribution in [3.05, 3.63) is 42.2 Å². The van der Waals surface area contributed by atoms with E-state index in [1.165, 1.54) is 29.0 Å². The van der Waals surface area contributed by atoms with Crippen molar-refractivity contribution in [1.82, 2.24) is 9.55 Å². The van der Waals surface area contributed by atoms with E-state index in [9.17, 15) is 13.2 Å². The second-order valence-corrected chi connectivity index (χ2v) is 3.42. The summed E-state index contributed by atoms with van der Waals surface area (Å²) in [6, 6.07) is 5.14. The van der Waals surface area contributed by atoms with E-state index in [-0.39, 0.29) is 11.8 Å². The molecule has 2 aromatic rings. The standard InChI is InChI=1S/C11H9F3N2O/c1-16-7-6-15-10(16)17-9-5-3-2-4-8(9)11(12,13)14/h2-7H,1H3. The predicted octanol–water partition coefficient (Wildman–Crippen LogP) is 3.23. The summed E-state index contributed by atoms with van der Waals surface area (Å²) < 4.78 is 44.6. The van der Waals surface area contributed by atoms with E-state index in [0.29, 0.717) is 0 Å². The number of aromatic nitrogens is 2. The second kappa shape index (κ2) is 4.12. The number of aryl methyl sites for hydroxylation is 1. The Labute approximate surface area is 95.5 Å². The number of para-hydroxylation sites is 1. The molecular formula is C11H9F3N2O. The zero-order valence-electron chi connectivity index (χ0n) is 8.90. The van der Waals surface area contributed by atoms with Crippen LogP contribution in [0.15, 0.2) is 36.7 Å². The number of ether oxygens (including phenoxy) is 1. The summed E-state index contributed by atoms with van der Waals surface area (Å²) in [6.45, 7) is 0. The summed E-state index contributed by atoms with van der Waals surface area (Å²) in [7, 11) is 1.64. The molecule has 1 aromatic carbocycles. The maximum Gasteiger partial charge on any atom is 0.419 e. The quantitative estimate of drug-likeness (QED) is 0.808. The average Bonchev–Trinajstić information content (AvgIpc) is 2.64. The SMILES string of the molecule is Cn1ccnc1Oc1ccccc1C(F)(F)F. The molecule has 0 N–H and O–H groups in total. The number of hydrogen-bond acceptors (Lipinski definition) is 2. The number of benzene rings is 1. The van der Waals surface area contributed by atoms with Crippen molar-refractivity contribution >= 4 is 0 Å². The van der Waals surface area contributed by atoms with Crippen LogP contribution in [0.2, 0.25) is 0 Å². The van der Waals surface area contributed by atoms with Crippen LogP contribution in [-0.2, 0) is 13.2 Å². The molecule has 0 aliphatic heterocycles. The molecule has 0 fully saturated rings. The van der Waals surface area contributed by atoms with Gasteiger partial charge in [-0.3, -0.25) is 0 Å². The fourth-order valence-electron chi connectivity index (χ4n) is 1.34. The summed E-state index contributed by atoms with van der Waals surface area (Å²) in [4.78, 5) is 3.81. The number of nitrogens with zero attached hydrogens (tertiary/aromatic N) is 2.